The first-order valence-electron chi connectivity index (χ1n) is 8.13. The highest BCUT2D eigenvalue weighted by Gasteiger charge is 2.35. The number of benzene rings is 2. The van der Waals surface area contributed by atoms with Crippen LogP contribution in [0.3, 0.4) is 0 Å². The van der Waals surface area contributed by atoms with Crippen LogP contribution in [0.2, 0.25) is 0 Å². The highest BCUT2D eigenvalue weighted by Crippen LogP contribution is 2.32. The van der Waals surface area contributed by atoms with Gasteiger partial charge in [0.15, 0.2) is 0 Å². The molecule has 1 saturated heterocycles. The van der Waals surface area contributed by atoms with E-state index in [0.717, 1.165) is 16.7 Å². The molecule has 0 spiro atoms. The number of hydrogen-bond donors (Lipinski definition) is 1. The Hall–Kier alpha value is -1.53. The van der Waals surface area contributed by atoms with Gasteiger partial charge in [-0.25, -0.2) is 17.5 Å². The highest BCUT2D eigenvalue weighted by molar-refractivity contribution is 9.11. The van der Waals surface area contributed by atoms with E-state index in [2.05, 4.69) is 36.6 Å². The first-order valence-corrected chi connectivity index (χ1v) is 12.0. The second kappa shape index (κ2) is 9.09. The summed E-state index contributed by atoms with van der Waals surface area (Å²) in [7, 11) is -3.84. The number of carbonyl (C=O) groups excluding carboxylic acids is 2. The zero-order chi connectivity index (χ0) is 21.2. The topological polar surface area (TPSA) is 83.6 Å². The Morgan fingerprint density at radius 3 is 2.48 bits per heavy atom. The van der Waals surface area contributed by atoms with Crippen LogP contribution in [0.15, 0.2) is 61.2 Å². The fourth-order valence-electron chi connectivity index (χ4n) is 2.46. The van der Waals surface area contributed by atoms with Crippen LogP contribution >= 0.6 is 43.6 Å². The summed E-state index contributed by atoms with van der Waals surface area (Å²) >= 11 is 7.17. The number of amides is 2. The van der Waals surface area contributed by atoms with Gasteiger partial charge in [-0.1, -0.05) is 28.1 Å². The maximum Gasteiger partial charge on any atom is 0.293 e. The average molecular weight is 564 g/mol. The Labute approximate surface area is 187 Å². The van der Waals surface area contributed by atoms with Crippen LogP contribution in [0.5, 0.6) is 0 Å². The van der Waals surface area contributed by atoms with Crippen molar-refractivity contribution >= 4 is 70.9 Å². The molecule has 0 bridgehead atoms. The number of hydrogen-bond acceptors (Lipinski definition) is 5. The monoisotopic (exact) mass is 562 g/mol. The molecule has 0 radical (unpaired) electrons. The van der Waals surface area contributed by atoms with Gasteiger partial charge >= 0.3 is 0 Å². The molecule has 1 fully saturated rings. The summed E-state index contributed by atoms with van der Waals surface area (Å²) in [4.78, 5) is 25.8. The molecule has 2 aromatic carbocycles. The Bertz CT molecular complexity index is 1110. The van der Waals surface area contributed by atoms with Gasteiger partial charge in [-0.05, 0) is 69.7 Å². The predicted molar refractivity (Wildman–Crippen MR) is 116 cm³/mol. The van der Waals surface area contributed by atoms with Gasteiger partial charge in [0.1, 0.15) is 5.82 Å². The summed E-state index contributed by atoms with van der Waals surface area (Å²) in [6.45, 7) is -0.251. The van der Waals surface area contributed by atoms with Crippen LogP contribution in [0.1, 0.15) is 5.56 Å². The molecule has 2 aromatic rings. The fraction of sp³-hybridized carbons (Fsp3) is 0.111. The summed E-state index contributed by atoms with van der Waals surface area (Å²) < 4.78 is 41.3. The molecule has 0 atom stereocenters. The van der Waals surface area contributed by atoms with Crippen molar-refractivity contribution in [2.45, 2.75) is 4.90 Å². The fourth-order valence-corrected chi connectivity index (χ4v) is 5.84. The number of imide groups is 1. The zero-order valence-corrected chi connectivity index (χ0v) is 19.4. The van der Waals surface area contributed by atoms with E-state index in [-0.39, 0.29) is 22.9 Å². The van der Waals surface area contributed by atoms with Crippen molar-refractivity contribution < 1.29 is 22.4 Å². The van der Waals surface area contributed by atoms with Gasteiger partial charge in [0, 0.05) is 22.0 Å². The third kappa shape index (κ3) is 5.34. The van der Waals surface area contributed by atoms with E-state index < -0.39 is 27.0 Å². The second-order valence-corrected chi connectivity index (χ2v) is 10.4. The molecule has 2 amide bonds. The predicted octanol–water partition coefficient (Wildman–Crippen LogP) is 4.37. The Balaban J connectivity index is 1.66. The number of rotatable bonds is 6. The number of carbonyl (C=O) groups is 2. The maximum absolute atomic E-state index is 13.0. The molecule has 1 aliphatic rings. The van der Waals surface area contributed by atoms with Crippen LogP contribution in [0.25, 0.3) is 6.08 Å². The lowest BCUT2D eigenvalue weighted by Crippen LogP contribution is -2.37. The quantitative estimate of drug-likeness (QED) is 0.528. The van der Waals surface area contributed by atoms with Gasteiger partial charge in [0.05, 0.1) is 9.80 Å². The third-order valence-corrected chi connectivity index (χ3v) is 7.71. The number of thioether (sulfide) groups is 1. The lowest BCUT2D eigenvalue weighted by Gasteiger charge is -2.14. The summed E-state index contributed by atoms with van der Waals surface area (Å²) in [5.74, 6) is -0.924. The number of nitrogens with one attached hydrogen (secondary N) is 1. The van der Waals surface area contributed by atoms with E-state index in [4.69, 9.17) is 0 Å². The molecule has 6 nitrogen and oxygen atoms in total. The minimum Gasteiger partial charge on any atom is -0.268 e. The van der Waals surface area contributed by atoms with Gasteiger partial charge < -0.3 is 0 Å². The van der Waals surface area contributed by atoms with Crippen LogP contribution in [-0.2, 0) is 14.8 Å². The zero-order valence-electron chi connectivity index (χ0n) is 14.6. The third-order valence-electron chi connectivity index (χ3n) is 3.85. The van der Waals surface area contributed by atoms with Gasteiger partial charge in [-0.2, -0.15) is 0 Å². The molecule has 11 heteroatoms. The largest absolute Gasteiger partial charge is 0.293 e. The molecule has 152 valence electrons. The summed E-state index contributed by atoms with van der Waals surface area (Å²) in [5, 5.41) is -0.494. The first kappa shape index (κ1) is 22.2. The minimum absolute atomic E-state index is 0.0391. The van der Waals surface area contributed by atoms with E-state index >= 15 is 0 Å². The average Bonchev–Trinajstić information content (AvgIpc) is 2.92. The van der Waals surface area contributed by atoms with Crippen molar-refractivity contribution in [3.05, 3.63) is 67.7 Å². The molecule has 1 heterocycles. The summed E-state index contributed by atoms with van der Waals surface area (Å²) in [6.07, 6.45) is 1.49. The maximum atomic E-state index is 13.0. The van der Waals surface area contributed by atoms with Crippen LogP contribution < -0.4 is 4.72 Å². The highest BCUT2D eigenvalue weighted by atomic mass is 79.9. The molecular weight excluding hydrogens is 551 g/mol. The lowest BCUT2D eigenvalue weighted by atomic mass is 10.2. The van der Waals surface area contributed by atoms with Gasteiger partial charge in [0.25, 0.3) is 11.1 Å². The Morgan fingerprint density at radius 2 is 1.79 bits per heavy atom. The summed E-state index contributed by atoms with van der Waals surface area (Å²) in [5.41, 5.74) is 0.581. The van der Waals surface area contributed by atoms with E-state index in [9.17, 15) is 22.4 Å². The number of sulfonamides is 1. The molecule has 1 N–H and O–H groups in total. The van der Waals surface area contributed by atoms with Crippen molar-refractivity contribution in [2.75, 3.05) is 13.1 Å². The first-order chi connectivity index (χ1) is 13.7. The van der Waals surface area contributed by atoms with Crippen molar-refractivity contribution in [3.8, 4) is 0 Å². The molecule has 0 unspecified atom stereocenters. The van der Waals surface area contributed by atoms with E-state index in [1.165, 1.54) is 36.4 Å². The van der Waals surface area contributed by atoms with Crippen molar-refractivity contribution in [1.29, 1.82) is 0 Å². The van der Waals surface area contributed by atoms with Crippen molar-refractivity contribution in [3.63, 3.8) is 0 Å². The van der Waals surface area contributed by atoms with Crippen LogP contribution in [0, 0.1) is 5.82 Å². The molecule has 1 aliphatic heterocycles. The van der Waals surface area contributed by atoms with E-state index in [1.54, 1.807) is 12.1 Å². The molecule has 29 heavy (non-hydrogen) atoms. The Kier molecular flexibility index (Phi) is 6.94. The molecule has 0 aliphatic carbocycles. The lowest BCUT2D eigenvalue weighted by molar-refractivity contribution is -0.122. The molecule has 0 saturated carbocycles. The van der Waals surface area contributed by atoms with Crippen LogP contribution in [-0.4, -0.2) is 37.6 Å². The van der Waals surface area contributed by atoms with Gasteiger partial charge in [-0.3, -0.25) is 14.5 Å². The van der Waals surface area contributed by atoms with E-state index in [0.29, 0.717) is 14.5 Å². The van der Waals surface area contributed by atoms with Gasteiger partial charge in [-0.15, -0.1) is 0 Å². The van der Waals surface area contributed by atoms with Crippen LogP contribution in [0.4, 0.5) is 9.18 Å². The smallest absolute Gasteiger partial charge is 0.268 e. The van der Waals surface area contributed by atoms with E-state index in [1.807, 2.05) is 0 Å². The van der Waals surface area contributed by atoms with Crippen molar-refractivity contribution in [1.82, 2.24) is 9.62 Å². The number of nitrogens with zero attached hydrogens (tertiary/aromatic N) is 1. The molecular formula is C18H13Br2FN2O4S2. The summed E-state index contributed by atoms with van der Waals surface area (Å²) in [6, 6.07) is 10.2. The SMILES string of the molecule is O=C1S/C(=C\c2ccc(F)cc2)C(=O)N1CCNS(=O)(=O)c1cc(Br)ccc1Br. The Morgan fingerprint density at radius 1 is 1.10 bits per heavy atom. The minimum atomic E-state index is -3.84. The molecule has 0 aromatic heterocycles. The normalized spacial score (nSPS) is 16.1. The second-order valence-electron chi connectivity index (χ2n) is 5.86. The molecule has 3 rings (SSSR count). The number of halogens is 3. The van der Waals surface area contributed by atoms with Gasteiger partial charge in [0.2, 0.25) is 10.0 Å². The standard InChI is InChI=1S/C18H13Br2FN2O4S2/c19-12-3-6-14(20)16(10-12)29(26,27)22-7-8-23-17(24)15(28-18(23)25)9-11-1-4-13(21)5-2-11/h1-6,9-10,22H,7-8H2/b15-9-. The van der Waals surface area contributed by atoms with Crippen molar-refractivity contribution in [2.24, 2.45) is 0 Å².